The molecule has 0 unspecified atom stereocenters. The molecule has 0 spiro atoms. The number of carboxylic acid groups (broad SMARTS) is 1. The van der Waals surface area contributed by atoms with Crippen LogP contribution in [-0.4, -0.2) is 15.6 Å². The molecule has 0 saturated heterocycles. The number of rotatable bonds is 1. The highest BCUT2D eigenvalue weighted by Crippen LogP contribution is 2.33. The number of halogens is 2. The fourth-order valence-corrected chi connectivity index (χ4v) is 2.49. The summed E-state index contributed by atoms with van der Waals surface area (Å²) in [6.07, 6.45) is 2.33. The zero-order valence-electron chi connectivity index (χ0n) is 5.93. The van der Waals surface area contributed by atoms with Gasteiger partial charge in [0.1, 0.15) is 0 Å². The second-order valence-corrected chi connectivity index (χ2v) is 5.21. The first kappa shape index (κ1) is 9.52. The molecule has 0 radical (unpaired) electrons. The van der Waals surface area contributed by atoms with E-state index in [1.165, 1.54) is 0 Å². The Balaban J connectivity index is 2.46. The van der Waals surface area contributed by atoms with Crippen LogP contribution in [0, 0.1) is 5.92 Å². The maximum atomic E-state index is 10.5. The Morgan fingerprint density at radius 2 is 1.91 bits per heavy atom. The topological polar surface area (TPSA) is 40.1 Å². The molecule has 0 heterocycles. The van der Waals surface area contributed by atoms with Crippen LogP contribution in [0.1, 0.15) is 19.3 Å². The van der Waals surface area contributed by atoms with E-state index in [2.05, 4.69) is 31.9 Å². The molecule has 4 heteroatoms. The molecule has 1 saturated carbocycles. The van der Waals surface area contributed by atoms with Crippen molar-refractivity contribution in [3.05, 3.63) is 0 Å². The number of carboxylic acids is 1. The molecule has 11 heavy (non-hydrogen) atoms. The average Bonchev–Trinajstić information content (AvgIpc) is 1.94. The first-order valence-electron chi connectivity index (χ1n) is 3.60. The van der Waals surface area contributed by atoms with Crippen LogP contribution in [0.5, 0.6) is 0 Å². The lowest BCUT2D eigenvalue weighted by molar-refractivity contribution is -0.312. The summed E-state index contributed by atoms with van der Waals surface area (Å²) in [5.41, 5.74) is 0. The number of aliphatic carboxylic acids is 1. The van der Waals surface area contributed by atoms with Crippen LogP contribution in [0.25, 0.3) is 0 Å². The predicted molar refractivity (Wildman–Crippen MR) is 47.8 cm³/mol. The summed E-state index contributed by atoms with van der Waals surface area (Å²) in [7, 11) is 0. The van der Waals surface area contributed by atoms with Crippen molar-refractivity contribution in [2.45, 2.75) is 28.9 Å². The van der Waals surface area contributed by atoms with E-state index in [1.54, 1.807) is 0 Å². The van der Waals surface area contributed by atoms with Crippen molar-refractivity contribution in [2.24, 2.45) is 5.92 Å². The predicted octanol–water partition coefficient (Wildman–Crippen LogP) is 1.06. The lowest BCUT2D eigenvalue weighted by Crippen LogP contribution is -2.37. The standard InChI is InChI=1S/C7H10Br2O2/c8-5-2-1-4(7(10)11)3-6(5)9/h4-6H,1-3H2,(H,10,11)/p-1/t4-,5-,6+/m1/s1. The maximum Gasteiger partial charge on any atom is 0.0445 e. The minimum absolute atomic E-state index is 0.256. The summed E-state index contributed by atoms with van der Waals surface area (Å²) in [6, 6.07) is 0. The fraction of sp³-hybridized carbons (Fsp3) is 0.857. The Bertz CT molecular complexity index is 161. The van der Waals surface area contributed by atoms with Gasteiger partial charge < -0.3 is 9.90 Å². The molecule has 0 amide bonds. The van der Waals surface area contributed by atoms with Crippen molar-refractivity contribution < 1.29 is 9.90 Å². The van der Waals surface area contributed by atoms with Crippen LogP contribution < -0.4 is 5.11 Å². The molecular formula is C7H9Br2O2-. The van der Waals surface area contributed by atoms with E-state index in [0.717, 1.165) is 12.8 Å². The summed E-state index contributed by atoms with van der Waals surface area (Å²) >= 11 is 6.89. The molecule has 1 rings (SSSR count). The van der Waals surface area contributed by atoms with Crippen LogP contribution in [-0.2, 0) is 4.79 Å². The molecule has 2 nitrogen and oxygen atoms in total. The van der Waals surface area contributed by atoms with E-state index in [4.69, 9.17) is 0 Å². The number of carbonyl (C=O) groups is 1. The van der Waals surface area contributed by atoms with Crippen LogP contribution in [0.3, 0.4) is 0 Å². The van der Waals surface area contributed by atoms with Gasteiger partial charge >= 0.3 is 0 Å². The Morgan fingerprint density at radius 1 is 1.27 bits per heavy atom. The van der Waals surface area contributed by atoms with E-state index >= 15 is 0 Å². The summed E-state index contributed by atoms with van der Waals surface area (Å²) in [4.78, 5) is 11.2. The third kappa shape index (κ3) is 2.44. The van der Waals surface area contributed by atoms with E-state index in [1.807, 2.05) is 0 Å². The van der Waals surface area contributed by atoms with Crippen molar-refractivity contribution in [3.63, 3.8) is 0 Å². The number of carbonyl (C=O) groups excluding carboxylic acids is 1. The van der Waals surface area contributed by atoms with Gasteiger partial charge in [0.15, 0.2) is 0 Å². The van der Waals surface area contributed by atoms with Gasteiger partial charge in [0, 0.05) is 15.6 Å². The van der Waals surface area contributed by atoms with Crippen LogP contribution in [0.2, 0.25) is 0 Å². The molecule has 0 N–H and O–H groups in total. The SMILES string of the molecule is O=C([O-])[C@@H]1CC[C@@H](Br)[C@@H](Br)C1. The molecule has 1 fully saturated rings. The molecule has 0 aliphatic heterocycles. The van der Waals surface area contributed by atoms with Gasteiger partial charge in [0.2, 0.25) is 0 Å². The highest BCUT2D eigenvalue weighted by molar-refractivity contribution is 9.12. The first-order valence-corrected chi connectivity index (χ1v) is 5.43. The zero-order chi connectivity index (χ0) is 8.43. The van der Waals surface area contributed by atoms with Crippen molar-refractivity contribution >= 4 is 37.8 Å². The highest BCUT2D eigenvalue weighted by atomic mass is 79.9. The van der Waals surface area contributed by atoms with Gasteiger partial charge in [0.25, 0.3) is 0 Å². The van der Waals surface area contributed by atoms with Crippen molar-refractivity contribution in [1.82, 2.24) is 0 Å². The Morgan fingerprint density at radius 3 is 2.36 bits per heavy atom. The Hall–Kier alpha value is 0.430. The van der Waals surface area contributed by atoms with Gasteiger partial charge in [-0.15, -0.1) is 0 Å². The van der Waals surface area contributed by atoms with Gasteiger partial charge in [-0.25, -0.2) is 0 Å². The van der Waals surface area contributed by atoms with E-state index in [0.29, 0.717) is 11.2 Å². The van der Waals surface area contributed by atoms with Gasteiger partial charge in [-0.2, -0.15) is 0 Å². The lowest BCUT2D eigenvalue weighted by atomic mass is 9.89. The van der Waals surface area contributed by atoms with Gasteiger partial charge in [0.05, 0.1) is 0 Å². The molecule has 64 valence electrons. The summed E-state index contributed by atoms with van der Waals surface area (Å²) in [5.74, 6) is -1.16. The third-order valence-corrected chi connectivity index (χ3v) is 4.84. The van der Waals surface area contributed by atoms with Gasteiger partial charge in [-0.1, -0.05) is 31.9 Å². The largest absolute Gasteiger partial charge is 0.550 e. The smallest absolute Gasteiger partial charge is 0.0445 e. The van der Waals surface area contributed by atoms with Crippen molar-refractivity contribution in [1.29, 1.82) is 0 Å². The van der Waals surface area contributed by atoms with Crippen molar-refractivity contribution in [2.75, 3.05) is 0 Å². The second-order valence-electron chi connectivity index (χ2n) is 2.86. The highest BCUT2D eigenvalue weighted by Gasteiger charge is 2.27. The van der Waals surface area contributed by atoms with Crippen LogP contribution >= 0.6 is 31.9 Å². The summed E-state index contributed by atoms with van der Waals surface area (Å²) in [5, 5.41) is 10.5. The Kier molecular flexibility index (Phi) is 3.37. The average molecular weight is 285 g/mol. The Labute approximate surface area is 82.6 Å². The molecule has 0 bridgehead atoms. The maximum absolute atomic E-state index is 10.5. The molecular weight excluding hydrogens is 276 g/mol. The van der Waals surface area contributed by atoms with Gasteiger partial charge in [-0.3, -0.25) is 0 Å². The minimum atomic E-state index is -0.908. The molecule has 0 aromatic carbocycles. The molecule has 1 aliphatic rings. The zero-order valence-corrected chi connectivity index (χ0v) is 9.10. The lowest BCUT2D eigenvalue weighted by Gasteiger charge is -2.30. The number of hydrogen-bond donors (Lipinski definition) is 0. The molecule has 3 atom stereocenters. The molecule has 1 aliphatic carbocycles. The third-order valence-electron chi connectivity index (χ3n) is 2.03. The van der Waals surface area contributed by atoms with Gasteiger partial charge in [-0.05, 0) is 25.2 Å². The van der Waals surface area contributed by atoms with E-state index in [9.17, 15) is 9.90 Å². The summed E-state index contributed by atoms with van der Waals surface area (Å²) < 4.78 is 0. The number of hydrogen-bond acceptors (Lipinski definition) is 2. The molecule has 0 aromatic heterocycles. The molecule has 0 aromatic rings. The van der Waals surface area contributed by atoms with Crippen LogP contribution in [0.4, 0.5) is 0 Å². The van der Waals surface area contributed by atoms with Crippen molar-refractivity contribution in [3.8, 4) is 0 Å². The monoisotopic (exact) mass is 283 g/mol. The normalized spacial score (nSPS) is 38.5. The van der Waals surface area contributed by atoms with E-state index < -0.39 is 5.97 Å². The van der Waals surface area contributed by atoms with E-state index in [-0.39, 0.29) is 10.7 Å². The fourth-order valence-electron chi connectivity index (χ4n) is 1.29. The summed E-state index contributed by atoms with van der Waals surface area (Å²) in [6.45, 7) is 0. The quantitative estimate of drug-likeness (QED) is 0.676. The van der Waals surface area contributed by atoms with Crippen LogP contribution in [0.15, 0.2) is 0 Å². The number of alkyl halides is 2. The minimum Gasteiger partial charge on any atom is -0.550 e. The first-order chi connectivity index (χ1) is 5.11. The second kappa shape index (κ2) is 3.90.